The summed E-state index contributed by atoms with van der Waals surface area (Å²) in [7, 11) is 0. The van der Waals surface area contributed by atoms with Gasteiger partial charge in [-0.25, -0.2) is 4.98 Å². The van der Waals surface area contributed by atoms with Crippen molar-refractivity contribution in [1.29, 1.82) is 0 Å². The molecule has 1 fully saturated rings. The minimum absolute atomic E-state index is 0.0456. The number of thiazole rings is 1. The number of carbonyl (C=O) groups is 1. The summed E-state index contributed by atoms with van der Waals surface area (Å²) < 4.78 is 0.919. The second-order valence-electron chi connectivity index (χ2n) is 4.54. The van der Waals surface area contributed by atoms with E-state index in [1.807, 2.05) is 24.3 Å². The van der Waals surface area contributed by atoms with Gasteiger partial charge in [0.1, 0.15) is 0 Å². The Bertz CT molecular complexity index is 605. The van der Waals surface area contributed by atoms with Gasteiger partial charge in [0.15, 0.2) is 5.13 Å². The van der Waals surface area contributed by atoms with Crippen LogP contribution in [0.5, 0.6) is 0 Å². The predicted molar refractivity (Wildman–Crippen MR) is 81.1 cm³/mol. The first-order valence-corrected chi connectivity index (χ1v) is 7.86. The number of nitrogens with zero attached hydrogens (tertiary/aromatic N) is 2. The van der Waals surface area contributed by atoms with E-state index in [0.29, 0.717) is 10.4 Å². The average molecular weight is 337 g/mol. The van der Waals surface area contributed by atoms with Gasteiger partial charge in [0.2, 0.25) is 5.78 Å². The Hall–Kier alpha value is -1.20. The van der Waals surface area contributed by atoms with Gasteiger partial charge in [-0.2, -0.15) is 0 Å². The van der Waals surface area contributed by atoms with E-state index in [-0.39, 0.29) is 5.78 Å². The van der Waals surface area contributed by atoms with Crippen LogP contribution in [0.3, 0.4) is 0 Å². The number of benzene rings is 1. The number of anilines is 1. The molecule has 0 spiro atoms. The third-order valence-corrected chi connectivity index (χ3v) is 4.73. The summed E-state index contributed by atoms with van der Waals surface area (Å²) in [6, 6.07) is 7.47. The molecular formula is C14H13BrN2OS. The number of carbonyl (C=O) groups excluding carboxylic acids is 1. The summed E-state index contributed by atoms with van der Waals surface area (Å²) in [5.74, 6) is 0.0456. The van der Waals surface area contributed by atoms with E-state index in [1.54, 1.807) is 6.20 Å². The lowest BCUT2D eigenvalue weighted by molar-refractivity contribution is 0.104. The van der Waals surface area contributed by atoms with Crippen LogP contribution in [0.15, 0.2) is 34.9 Å². The van der Waals surface area contributed by atoms with Crippen molar-refractivity contribution in [1.82, 2.24) is 4.98 Å². The third-order valence-electron chi connectivity index (χ3n) is 3.18. The van der Waals surface area contributed by atoms with Crippen LogP contribution >= 0.6 is 27.3 Å². The van der Waals surface area contributed by atoms with E-state index >= 15 is 0 Å². The second kappa shape index (κ2) is 5.43. The summed E-state index contributed by atoms with van der Waals surface area (Å²) in [6.07, 6.45) is 4.13. The standard InChI is InChI=1S/C14H13BrN2OS/c15-11-5-3-4-10(8-11)13(18)12-9-16-14(19-12)17-6-1-2-7-17/h3-5,8-9H,1-2,6-7H2. The lowest BCUT2D eigenvalue weighted by atomic mass is 10.1. The highest BCUT2D eigenvalue weighted by molar-refractivity contribution is 9.10. The number of halogens is 1. The first-order chi connectivity index (χ1) is 9.24. The number of ketones is 1. The fourth-order valence-electron chi connectivity index (χ4n) is 2.20. The minimum atomic E-state index is 0.0456. The number of hydrogen-bond donors (Lipinski definition) is 0. The second-order valence-corrected chi connectivity index (χ2v) is 6.47. The molecule has 1 aromatic carbocycles. The van der Waals surface area contributed by atoms with Gasteiger partial charge in [0.05, 0.1) is 11.1 Å². The molecule has 2 heterocycles. The highest BCUT2D eigenvalue weighted by atomic mass is 79.9. The lowest BCUT2D eigenvalue weighted by Gasteiger charge is -2.11. The molecule has 1 aliphatic rings. The van der Waals surface area contributed by atoms with Crippen LogP contribution in [-0.2, 0) is 0 Å². The van der Waals surface area contributed by atoms with Crippen LogP contribution in [0.1, 0.15) is 28.1 Å². The summed E-state index contributed by atoms with van der Waals surface area (Å²) in [5, 5.41) is 0.968. The average Bonchev–Trinajstić information content (AvgIpc) is 3.08. The normalized spacial score (nSPS) is 14.9. The molecule has 3 nitrogen and oxygen atoms in total. The van der Waals surface area contributed by atoms with Crippen molar-refractivity contribution < 1.29 is 4.79 Å². The Kier molecular flexibility index (Phi) is 3.66. The zero-order chi connectivity index (χ0) is 13.2. The number of aromatic nitrogens is 1. The molecule has 98 valence electrons. The smallest absolute Gasteiger partial charge is 0.204 e. The molecule has 1 saturated heterocycles. The van der Waals surface area contributed by atoms with Crippen LogP contribution in [0.2, 0.25) is 0 Å². The van der Waals surface area contributed by atoms with Crippen LogP contribution in [-0.4, -0.2) is 23.9 Å². The molecule has 0 N–H and O–H groups in total. The maximum atomic E-state index is 12.4. The minimum Gasteiger partial charge on any atom is -0.348 e. The SMILES string of the molecule is O=C(c1cccc(Br)c1)c1cnc(N2CCCC2)s1. The van der Waals surface area contributed by atoms with Gasteiger partial charge in [0, 0.05) is 23.1 Å². The van der Waals surface area contributed by atoms with Gasteiger partial charge in [-0.15, -0.1) is 0 Å². The van der Waals surface area contributed by atoms with Crippen LogP contribution in [0.25, 0.3) is 0 Å². The largest absolute Gasteiger partial charge is 0.348 e. The van der Waals surface area contributed by atoms with Gasteiger partial charge in [-0.05, 0) is 25.0 Å². The number of rotatable bonds is 3. The maximum Gasteiger partial charge on any atom is 0.204 e. The molecule has 3 rings (SSSR count). The van der Waals surface area contributed by atoms with E-state index in [9.17, 15) is 4.79 Å². The van der Waals surface area contributed by atoms with Crippen molar-refractivity contribution in [2.45, 2.75) is 12.8 Å². The van der Waals surface area contributed by atoms with Gasteiger partial charge in [-0.1, -0.05) is 39.4 Å². The monoisotopic (exact) mass is 336 g/mol. The Labute approximate surface area is 124 Å². The van der Waals surface area contributed by atoms with Crippen LogP contribution < -0.4 is 4.90 Å². The van der Waals surface area contributed by atoms with Crippen molar-refractivity contribution in [2.75, 3.05) is 18.0 Å². The van der Waals surface area contributed by atoms with Crippen molar-refractivity contribution in [2.24, 2.45) is 0 Å². The summed E-state index contributed by atoms with van der Waals surface area (Å²) in [6.45, 7) is 2.11. The molecule has 1 aromatic heterocycles. The molecule has 1 aliphatic heterocycles. The van der Waals surface area contributed by atoms with Gasteiger partial charge >= 0.3 is 0 Å². The first-order valence-electron chi connectivity index (χ1n) is 6.25. The molecule has 0 radical (unpaired) electrons. The van der Waals surface area contributed by atoms with Crippen molar-refractivity contribution in [3.63, 3.8) is 0 Å². The quantitative estimate of drug-likeness (QED) is 0.800. The van der Waals surface area contributed by atoms with Crippen molar-refractivity contribution >= 4 is 38.2 Å². The molecule has 0 aliphatic carbocycles. The Balaban J connectivity index is 1.84. The fraction of sp³-hybridized carbons (Fsp3) is 0.286. The van der Waals surface area contributed by atoms with E-state index in [0.717, 1.165) is 22.7 Å². The van der Waals surface area contributed by atoms with Gasteiger partial charge in [-0.3, -0.25) is 4.79 Å². The third kappa shape index (κ3) is 2.72. The number of hydrogen-bond acceptors (Lipinski definition) is 4. The molecule has 19 heavy (non-hydrogen) atoms. The van der Waals surface area contributed by atoms with E-state index in [4.69, 9.17) is 0 Å². The van der Waals surface area contributed by atoms with Crippen LogP contribution in [0, 0.1) is 0 Å². The molecule has 0 saturated carbocycles. The van der Waals surface area contributed by atoms with Crippen molar-refractivity contribution in [3.8, 4) is 0 Å². The predicted octanol–water partition coefficient (Wildman–Crippen LogP) is 3.74. The first kappa shape index (κ1) is 12.8. The summed E-state index contributed by atoms with van der Waals surface area (Å²) >= 11 is 4.88. The summed E-state index contributed by atoms with van der Waals surface area (Å²) in [5.41, 5.74) is 0.700. The fourth-order valence-corrected chi connectivity index (χ4v) is 3.53. The molecule has 0 bridgehead atoms. The summed E-state index contributed by atoms with van der Waals surface area (Å²) in [4.78, 5) is 19.7. The Morgan fingerprint density at radius 3 is 2.84 bits per heavy atom. The highest BCUT2D eigenvalue weighted by Gasteiger charge is 2.18. The topological polar surface area (TPSA) is 33.2 Å². The molecule has 0 atom stereocenters. The Morgan fingerprint density at radius 1 is 1.32 bits per heavy atom. The van der Waals surface area contributed by atoms with Gasteiger partial charge < -0.3 is 4.90 Å². The Morgan fingerprint density at radius 2 is 2.11 bits per heavy atom. The molecular weight excluding hydrogens is 324 g/mol. The van der Waals surface area contributed by atoms with Crippen molar-refractivity contribution in [3.05, 3.63) is 45.4 Å². The van der Waals surface area contributed by atoms with E-state index in [2.05, 4.69) is 25.8 Å². The van der Waals surface area contributed by atoms with Crippen LogP contribution in [0.4, 0.5) is 5.13 Å². The molecule has 5 heteroatoms. The maximum absolute atomic E-state index is 12.4. The van der Waals surface area contributed by atoms with Gasteiger partial charge in [0.25, 0.3) is 0 Å². The van der Waals surface area contributed by atoms with E-state index < -0.39 is 0 Å². The molecule has 0 amide bonds. The lowest BCUT2D eigenvalue weighted by Crippen LogP contribution is -2.16. The molecule has 0 unspecified atom stereocenters. The zero-order valence-electron chi connectivity index (χ0n) is 10.3. The zero-order valence-corrected chi connectivity index (χ0v) is 12.7. The highest BCUT2D eigenvalue weighted by Crippen LogP contribution is 2.27. The molecule has 2 aromatic rings. The van der Waals surface area contributed by atoms with E-state index in [1.165, 1.54) is 24.2 Å².